The first-order valence-electron chi connectivity index (χ1n) is 8.28. The molecule has 1 fully saturated rings. The lowest BCUT2D eigenvalue weighted by Gasteiger charge is -2.22. The Balaban J connectivity index is 1.63. The molecule has 122 valence electrons. The normalized spacial score (nSPS) is 17.8. The van der Waals surface area contributed by atoms with E-state index in [1.807, 2.05) is 42.5 Å². The average molecular weight is 337 g/mol. The standard InChI is InChI=1S/C19H19N3OS/c23-18(13-6-5-11-20-12-13)21-15-8-2-1-7-14(15)19-22-16-9-3-4-10-17(16)24-19/h1-4,7-10,13,20H,5-6,11-12H2,(H,21,23). The second kappa shape index (κ2) is 6.71. The molecule has 0 aliphatic carbocycles. The van der Waals surface area contributed by atoms with E-state index >= 15 is 0 Å². The number of nitrogens with zero attached hydrogens (tertiary/aromatic N) is 1. The highest BCUT2D eigenvalue weighted by molar-refractivity contribution is 7.21. The summed E-state index contributed by atoms with van der Waals surface area (Å²) in [4.78, 5) is 17.3. The lowest BCUT2D eigenvalue weighted by Crippen LogP contribution is -2.37. The number of carbonyl (C=O) groups excluding carboxylic acids is 1. The van der Waals surface area contributed by atoms with Gasteiger partial charge in [-0.1, -0.05) is 24.3 Å². The molecule has 1 saturated heterocycles. The van der Waals surface area contributed by atoms with Crippen molar-refractivity contribution < 1.29 is 4.79 Å². The molecule has 2 N–H and O–H groups in total. The van der Waals surface area contributed by atoms with Crippen LogP contribution in [0.1, 0.15) is 12.8 Å². The van der Waals surface area contributed by atoms with Gasteiger partial charge in [0.05, 0.1) is 21.8 Å². The number of hydrogen-bond donors (Lipinski definition) is 2. The predicted molar refractivity (Wildman–Crippen MR) is 99.3 cm³/mol. The van der Waals surface area contributed by atoms with Gasteiger partial charge >= 0.3 is 0 Å². The minimum atomic E-state index is 0.0437. The lowest BCUT2D eigenvalue weighted by molar-refractivity contribution is -0.120. The highest BCUT2D eigenvalue weighted by atomic mass is 32.1. The first-order chi connectivity index (χ1) is 11.8. The largest absolute Gasteiger partial charge is 0.325 e. The number of fused-ring (bicyclic) bond motifs is 1. The molecule has 2 aromatic carbocycles. The van der Waals surface area contributed by atoms with Gasteiger partial charge in [-0.15, -0.1) is 11.3 Å². The summed E-state index contributed by atoms with van der Waals surface area (Å²) in [6.07, 6.45) is 2.00. The van der Waals surface area contributed by atoms with Gasteiger partial charge in [0.1, 0.15) is 5.01 Å². The third-order valence-corrected chi connectivity index (χ3v) is 5.45. The van der Waals surface area contributed by atoms with Crippen LogP contribution in [0.5, 0.6) is 0 Å². The molecule has 1 aliphatic heterocycles. The monoisotopic (exact) mass is 337 g/mol. The van der Waals surface area contributed by atoms with Crippen LogP contribution in [-0.2, 0) is 4.79 Å². The zero-order chi connectivity index (χ0) is 16.4. The number of thiazole rings is 1. The van der Waals surface area contributed by atoms with Crippen LogP contribution in [0.15, 0.2) is 48.5 Å². The zero-order valence-electron chi connectivity index (χ0n) is 13.3. The van der Waals surface area contributed by atoms with E-state index in [-0.39, 0.29) is 11.8 Å². The third kappa shape index (κ3) is 3.05. The van der Waals surface area contributed by atoms with Gasteiger partial charge in [0.2, 0.25) is 5.91 Å². The Hall–Kier alpha value is -2.24. The second-order valence-corrected chi connectivity index (χ2v) is 7.10. The van der Waals surface area contributed by atoms with Crippen molar-refractivity contribution in [3.63, 3.8) is 0 Å². The number of anilines is 1. The fourth-order valence-corrected chi connectivity index (χ4v) is 4.08. The number of carbonyl (C=O) groups is 1. The van der Waals surface area contributed by atoms with Gasteiger partial charge in [0.25, 0.3) is 0 Å². The van der Waals surface area contributed by atoms with Crippen molar-refractivity contribution in [3.8, 4) is 10.6 Å². The second-order valence-electron chi connectivity index (χ2n) is 6.06. The summed E-state index contributed by atoms with van der Waals surface area (Å²) >= 11 is 1.65. The SMILES string of the molecule is O=C(Nc1ccccc1-c1nc2ccccc2s1)C1CCCNC1. The van der Waals surface area contributed by atoms with Gasteiger partial charge < -0.3 is 10.6 Å². The van der Waals surface area contributed by atoms with Gasteiger partial charge in [0, 0.05) is 12.1 Å². The van der Waals surface area contributed by atoms with Crippen molar-refractivity contribution in [1.29, 1.82) is 0 Å². The van der Waals surface area contributed by atoms with Crippen molar-refractivity contribution in [1.82, 2.24) is 10.3 Å². The van der Waals surface area contributed by atoms with Crippen molar-refractivity contribution in [2.45, 2.75) is 12.8 Å². The van der Waals surface area contributed by atoms with Crippen LogP contribution in [-0.4, -0.2) is 24.0 Å². The molecule has 4 rings (SSSR count). The van der Waals surface area contributed by atoms with Crippen LogP contribution in [0, 0.1) is 5.92 Å². The summed E-state index contributed by atoms with van der Waals surface area (Å²) in [7, 11) is 0. The average Bonchev–Trinajstić information content (AvgIpc) is 3.07. The minimum absolute atomic E-state index is 0.0437. The predicted octanol–water partition coefficient (Wildman–Crippen LogP) is 3.90. The number of nitrogens with one attached hydrogen (secondary N) is 2. The summed E-state index contributed by atoms with van der Waals surface area (Å²) in [6, 6.07) is 16.0. The van der Waals surface area contributed by atoms with Crippen LogP contribution in [0.4, 0.5) is 5.69 Å². The van der Waals surface area contributed by atoms with E-state index < -0.39 is 0 Å². The van der Waals surface area contributed by atoms with Gasteiger partial charge in [-0.2, -0.15) is 0 Å². The van der Waals surface area contributed by atoms with Crippen LogP contribution in [0.3, 0.4) is 0 Å². The van der Waals surface area contributed by atoms with Crippen LogP contribution in [0.25, 0.3) is 20.8 Å². The molecule has 0 spiro atoms. The topological polar surface area (TPSA) is 54.0 Å². The number of para-hydroxylation sites is 2. The van der Waals surface area contributed by atoms with Gasteiger partial charge in [0.15, 0.2) is 0 Å². The quantitative estimate of drug-likeness (QED) is 0.762. The van der Waals surface area contributed by atoms with Crippen LogP contribution in [0.2, 0.25) is 0 Å². The molecule has 1 unspecified atom stereocenters. The first-order valence-corrected chi connectivity index (χ1v) is 9.09. The fraction of sp³-hybridized carbons (Fsp3) is 0.263. The number of piperidine rings is 1. The fourth-order valence-electron chi connectivity index (χ4n) is 3.08. The molecule has 1 aliphatic rings. The maximum Gasteiger partial charge on any atom is 0.228 e. The Morgan fingerprint density at radius 3 is 2.83 bits per heavy atom. The minimum Gasteiger partial charge on any atom is -0.325 e. The molecule has 0 bridgehead atoms. The molecule has 4 nitrogen and oxygen atoms in total. The third-order valence-electron chi connectivity index (χ3n) is 4.38. The molecular formula is C19H19N3OS. The Kier molecular flexibility index (Phi) is 4.28. The Labute approximate surface area is 144 Å². The molecule has 0 saturated carbocycles. The number of benzene rings is 2. The summed E-state index contributed by atoms with van der Waals surface area (Å²) in [5, 5.41) is 7.34. The van der Waals surface area contributed by atoms with E-state index in [2.05, 4.69) is 16.7 Å². The summed E-state index contributed by atoms with van der Waals surface area (Å²) < 4.78 is 1.16. The summed E-state index contributed by atoms with van der Waals surface area (Å²) in [6.45, 7) is 1.77. The Morgan fingerprint density at radius 1 is 1.17 bits per heavy atom. The first kappa shape index (κ1) is 15.3. The smallest absolute Gasteiger partial charge is 0.228 e. The van der Waals surface area contributed by atoms with Gasteiger partial charge in [-0.3, -0.25) is 4.79 Å². The molecule has 1 aromatic heterocycles. The van der Waals surface area contributed by atoms with Crippen LogP contribution < -0.4 is 10.6 Å². The van der Waals surface area contributed by atoms with Crippen LogP contribution >= 0.6 is 11.3 Å². The molecule has 5 heteroatoms. The maximum atomic E-state index is 12.6. The lowest BCUT2D eigenvalue weighted by atomic mass is 9.98. The van der Waals surface area contributed by atoms with E-state index in [0.29, 0.717) is 0 Å². The Bertz CT molecular complexity index is 835. The molecule has 3 aromatic rings. The molecule has 1 atom stereocenters. The maximum absolute atomic E-state index is 12.6. The van der Waals surface area contributed by atoms with E-state index in [0.717, 1.165) is 52.4 Å². The zero-order valence-corrected chi connectivity index (χ0v) is 14.1. The van der Waals surface area contributed by atoms with Gasteiger partial charge in [-0.05, 0) is 43.7 Å². The number of hydrogen-bond acceptors (Lipinski definition) is 4. The van der Waals surface area contributed by atoms with E-state index in [4.69, 9.17) is 4.98 Å². The van der Waals surface area contributed by atoms with E-state index in [1.54, 1.807) is 11.3 Å². The van der Waals surface area contributed by atoms with Crippen molar-refractivity contribution in [2.24, 2.45) is 5.92 Å². The highest BCUT2D eigenvalue weighted by Gasteiger charge is 2.22. The van der Waals surface area contributed by atoms with Crippen molar-refractivity contribution in [2.75, 3.05) is 18.4 Å². The number of amides is 1. The van der Waals surface area contributed by atoms with Crippen molar-refractivity contribution >= 4 is 33.1 Å². The molecule has 24 heavy (non-hydrogen) atoms. The Morgan fingerprint density at radius 2 is 2.00 bits per heavy atom. The van der Waals surface area contributed by atoms with E-state index in [9.17, 15) is 4.79 Å². The number of rotatable bonds is 3. The highest BCUT2D eigenvalue weighted by Crippen LogP contribution is 2.34. The molecule has 1 amide bonds. The number of aromatic nitrogens is 1. The molecular weight excluding hydrogens is 318 g/mol. The summed E-state index contributed by atoms with van der Waals surface area (Å²) in [5.41, 5.74) is 2.82. The van der Waals surface area contributed by atoms with E-state index in [1.165, 1.54) is 0 Å². The van der Waals surface area contributed by atoms with Gasteiger partial charge in [-0.25, -0.2) is 4.98 Å². The molecule has 0 radical (unpaired) electrons. The summed E-state index contributed by atoms with van der Waals surface area (Å²) in [5.74, 6) is 0.137. The van der Waals surface area contributed by atoms with Crippen molar-refractivity contribution in [3.05, 3.63) is 48.5 Å². The molecule has 2 heterocycles.